The van der Waals surface area contributed by atoms with Crippen molar-refractivity contribution in [2.75, 3.05) is 39.5 Å². The molecule has 2 amide bonds. The molecule has 180 valence electrons. The van der Waals surface area contributed by atoms with Crippen LogP contribution in [-0.2, 0) is 32.6 Å². The van der Waals surface area contributed by atoms with Crippen LogP contribution in [0.2, 0.25) is 0 Å². The fraction of sp³-hybridized carbons (Fsp3) is 0.348. The Morgan fingerprint density at radius 2 is 1.91 bits per heavy atom. The second kappa shape index (κ2) is 9.16. The van der Waals surface area contributed by atoms with E-state index in [0.717, 1.165) is 35.2 Å². The van der Waals surface area contributed by atoms with Gasteiger partial charge in [0.15, 0.2) is 5.71 Å². The highest BCUT2D eigenvalue weighted by molar-refractivity contribution is 7.89. The van der Waals surface area contributed by atoms with Crippen molar-refractivity contribution >= 4 is 33.4 Å². The first kappa shape index (κ1) is 23.9. The third-order valence-electron chi connectivity index (χ3n) is 5.91. The van der Waals surface area contributed by atoms with E-state index in [-0.39, 0.29) is 10.6 Å². The number of hydrogen-bond acceptors (Lipinski definition) is 7. The number of benzene rings is 2. The van der Waals surface area contributed by atoms with Crippen LogP contribution in [0.15, 0.2) is 40.4 Å². The molecule has 2 aliphatic rings. The second-order valence-electron chi connectivity index (χ2n) is 8.41. The first-order valence-electron chi connectivity index (χ1n) is 10.9. The minimum absolute atomic E-state index is 0.0188. The minimum atomic E-state index is -3.55. The van der Waals surface area contributed by atoms with Gasteiger partial charge < -0.3 is 15.5 Å². The van der Waals surface area contributed by atoms with E-state index in [1.54, 1.807) is 31.2 Å². The summed E-state index contributed by atoms with van der Waals surface area (Å²) in [6, 6.07) is 8.55. The maximum Gasteiger partial charge on any atom is 0.433 e. The van der Waals surface area contributed by atoms with E-state index in [0.29, 0.717) is 24.3 Å². The van der Waals surface area contributed by atoms with Crippen molar-refractivity contribution in [3.8, 4) is 11.1 Å². The zero-order valence-corrected chi connectivity index (χ0v) is 20.3. The molecule has 0 aliphatic carbocycles. The molecule has 0 spiro atoms. The summed E-state index contributed by atoms with van der Waals surface area (Å²) in [5.74, 6) is -0.445. The SMILES string of the molecule is CCNC(=O)ON=C1C(=O)Nc2c1cc(-c1ccc(S(=O)(=O)N(C)C)cc1)c1c2CN(C)CC1. The van der Waals surface area contributed by atoms with E-state index in [4.69, 9.17) is 4.84 Å². The van der Waals surface area contributed by atoms with Crippen molar-refractivity contribution < 1.29 is 22.8 Å². The summed E-state index contributed by atoms with van der Waals surface area (Å²) in [6.45, 7) is 3.59. The fourth-order valence-electron chi connectivity index (χ4n) is 4.15. The maximum atomic E-state index is 12.7. The Kier molecular flexibility index (Phi) is 6.43. The molecule has 10 nitrogen and oxygen atoms in total. The minimum Gasteiger partial charge on any atom is -0.320 e. The number of oxime groups is 1. The molecule has 0 radical (unpaired) electrons. The van der Waals surface area contributed by atoms with Gasteiger partial charge in [-0.3, -0.25) is 9.63 Å². The lowest BCUT2D eigenvalue weighted by molar-refractivity contribution is -0.110. The van der Waals surface area contributed by atoms with Gasteiger partial charge in [0.05, 0.1) is 10.6 Å². The standard InChI is InChI=1S/C23H27N5O5S/c1-5-24-23(30)33-26-21-18-12-17(14-6-8-15(9-7-14)34(31,32)27(2)3)16-10-11-28(4)13-19(16)20(18)25-22(21)29/h6-9,12H,5,10-11,13H2,1-4H3,(H,24,30)(H,25,26,29). The van der Waals surface area contributed by atoms with Gasteiger partial charge in [-0.15, -0.1) is 0 Å². The molecule has 0 unspecified atom stereocenters. The fourth-order valence-corrected chi connectivity index (χ4v) is 5.05. The van der Waals surface area contributed by atoms with Gasteiger partial charge in [-0.05, 0) is 60.8 Å². The Labute approximate surface area is 198 Å². The third-order valence-corrected chi connectivity index (χ3v) is 7.74. The summed E-state index contributed by atoms with van der Waals surface area (Å²) in [4.78, 5) is 31.6. The Morgan fingerprint density at radius 1 is 1.21 bits per heavy atom. The summed E-state index contributed by atoms with van der Waals surface area (Å²) in [6.07, 6.45) is 0.0242. The smallest absolute Gasteiger partial charge is 0.320 e. The molecule has 0 aromatic heterocycles. The molecule has 0 bridgehead atoms. The molecule has 0 saturated heterocycles. The number of amides is 2. The highest BCUT2D eigenvalue weighted by Crippen LogP contribution is 2.40. The summed E-state index contributed by atoms with van der Waals surface area (Å²) in [5.41, 5.74) is 5.01. The van der Waals surface area contributed by atoms with Gasteiger partial charge in [0.1, 0.15) is 0 Å². The molecule has 0 atom stereocenters. The van der Waals surface area contributed by atoms with Gasteiger partial charge in [0.25, 0.3) is 5.91 Å². The van der Waals surface area contributed by atoms with E-state index in [1.807, 2.05) is 13.1 Å². The number of anilines is 1. The second-order valence-corrected chi connectivity index (χ2v) is 10.6. The molecule has 2 aromatic carbocycles. The Morgan fingerprint density at radius 3 is 2.56 bits per heavy atom. The normalized spacial score (nSPS) is 16.9. The predicted molar refractivity (Wildman–Crippen MR) is 128 cm³/mol. The van der Waals surface area contributed by atoms with Crippen LogP contribution in [-0.4, -0.2) is 69.6 Å². The topological polar surface area (TPSA) is 120 Å². The average Bonchev–Trinajstić information content (AvgIpc) is 3.12. The zero-order chi connectivity index (χ0) is 24.6. The lowest BCUT2D eigenvalue weighted by Gasteiger charge is -2.29. The monoisotopic (exact) mass is 485 g/mol. The summed E-state index contributed by atoms with van der Waals surface area (Å²) >= 11 is 0. The van der Waals surface area contributed by atoms with E-state index < -0.39 is 22.0 Å². The van der Waals surface area contributed by atoms with Crippen LogP contribution in [0.1, 0.15) is 23.6 Å². The lowest BCUT2D eigenvalue weighted by atomic mass is 9.87. The molecular formula is C23H27N5O5S. The average molecular weight is 486 g/mol. The van der Waals surface area contributed by atoms with Crippen LogP contribution in [0.5, 0.6) is 0 Å². The molecule has 11 heteroatoms. The summed E-state index contributed by atoms with van der Waals surface area (Å²) < 4.78 is 26.1. The number of nitrogens with one attached hydrogen (secondary N) is 2. The Bertz CT molecular complexity index is 1290. The summed E-state index contributed by atoms with van der Waals surface area (Å²) in [5, 5.41) is 9.17. The first-order valence-corrected chi connectivity index (χ1v) is 12.3. The molecular weight excluding hydrogens is 458 g/mol. The number of sulfonamides is 1. The molecule has 2 heterocycles. The van der Waals surface area contributed by atoms with Crippen LogP contribution in [0.3, 0.4) is 0 Å². The van der Waals surface area contributed by atoms with Crippen molar-refractivity contribution in [1.82, 2.24) is 14.5 Å². The van der Waals surface area contributed by atoms with E-state index in [2.05, 4.69) is 20.7 Å². The molecule has 2 N–H and O–H groups in total. The van der Waals surface area contributed by atoms with Crippen molar-refractivity contribution in [2.24, 2.45) is 5.16 Å². The number of hydrogen-bond donors (Lipinski definition) is 2. The van der Waals surface area contributed by atoms with Gasteiger partial charge in [-0.1, -0.05) is 17.3 Å². The van der Waals surface area contributed by atoms with E-state index >= 15 is 0 Å². The van der Waals surface area contributed by atoms with Crippen molar-refractivity contribution in [2.45, 2.75) is 24.8 Å². The number of carbonyl (C=O) groups is 2. The van der Waals surface area contributed by atoms with E-state index in [9.17, 15) is 18.0 Å². The molecule has 0 fully saturated rings. The molecule has 4 rings (SSSR count). The lowest BCUT2D eigenvalue weighted by Crippen LogP contribution is -2.27. The predicted octanol–water partition coefficient (Wildman–Crippen LogP) is 1.99. The first-order chi connectivity index (χ1) is 16.1. The highest BCUT2D eigenvalue weighted by Gasteiger charge is 2.34. The van der Waals surface area contributed by atoms with Crippen LogP contribution in [0, 0.1) is 0 Å². The number of likely N-dealkylation sites (N-methyl/N-ethyl adjacent to an activating group) is 1. The Balaban J connectivity index is 1.82. The van der Waals surface area contributed by atoms with Crippen LogP contribution in [0.4, 0.5) is 10.5 Å². The largest absolute Gasteiger partial charge is 0.433 e. The van der Waals surface area contributed by atoms with Gasteiger partial charge in [-0.2, -0.15) is 0 Å². The van der Waals surface area contributed by atoms with Crippen molar-refractivity contribution in [1.29, 1.82) is 0 Å². The number of fused-ring (bicyclic) bond motifs is 3. The van der Waals surface area contributed by atoms with Gasteiger partial charge in [-0.25, -0.2) is 17.5 Å². The summed E-state index contributed by atoms with van der Waals surface area (Å²) in [7, 11) is 1.44. The highest BCUT2D eigenvalue weighted by atomic mass is 32.2. The number of carbonyl (C=O) groups excluding carboxylic acids is 2. The third kappa shape index (κ3) is 4.29. The van der Waals surface area contributed by atoms with Crippen molar-refractivity contribution in [3.63, 3.8) is 0 Å². The van der Waals surface area contributed by atoms with Crippen molar-refractivity contribution in [3.05, 3.63) is 47.0 Å². The van der Waals surface area contributed by atoms with Crippen LogP contribution >= 0.6 is 0 Å². The van der Waals surface area contributed by atoms with Crippen LogP contribution in [0.25, 0.3) is 11.1 Å². The number of rotatable bonds is 5. The molecule has 34 heavy (non-hydrogen) atoms. The zero-order valence-electron chi connectivity index (χ0n) is 19.5. The van der Waals surface area contributed by atoms with Gasteiger partial charge >= 0.3 is 6.09 Å². The van der Waals surface area contributed by atoms with Gasteiger partial charge in [0.2, 0.25) is 10.0 Å². The van der Waals surface area contributed by atoms with Crippen LogP contribution < -0.4 is 10.6 Å². The quantitative estimate of drug-likeness (QED) is 0.494. The number of nitrogens with zero attached hydrogens (tertiary/aromatic N) is 3. The maximum absolute atomic E-state index is 12.7. The Hall–Kier alpha value is -3.28. The molecule has 2 aromatic rings. The van der Waals surface area contributed by atoms with Gasteiger partial charge in [0, 0.05) is 39.3 Å². The molecule has 2 aliphatic heterocycles. The molecule has 0 saturated carbocycles. The van der Waals surface area contributed by atoms with E-state index in [1.165, 1.54) is 18.4 Å².